The first-order chi connectivity index (χ1) is 12.6. The topological polar surface area (TPSA) is 53.6 Å². The Hall–Kier alpha value is -2.08. The van der Waals surface area contributed by atoms with E-state index < -0.39 is 0 Å². The fourth-order valence-corrected chi connectivity index (χ4v) is 3.53. The van der Waals surface area contributed by atoms with Gasteiger partial charge in [-0.3, -0.25) is 4.90 Å². The van der Waals surface area contributed by atoms with Crippen LogP contribution in [0.1, 0.15) is 18.5 Å². The number of hydrogen-bond donors (Lipinski definition) is 2. The van der Waals surface area contributed by atoms with Crippen LogP contribution in [0.3, 0.4) is 0 Å². The van der Waals surface area contributed by atoms with Crippen molar-refractivity contribution in [2.24, 2.45) is 0 Å². The molecule has 2 atom stereocenters. The van der Waals surface area contributed by atoms with Crippen LogP contribution in [0.15, 0.2) is 54.6 Å². The molecule has 2 N–H and O–H groups in total. The van der Waals surface area contributed by atoms with E-state index in [0.717, 1.165) is 13.1 Å². The number of halogens is 1. The maximum atomic E-state index is 12.4. The van der Waals surface area contributed by atoms with Crippen molar-refractivity contribution >= 4 is 23.3 Å². The van der Waals surface area contributed by atoms with Gasteiger partial charge in [-0.25, -0.2) is 4.79 Å². The second kappa shape index (κ2) is 9.03. The smallest absolute Gasteiger partial charge is 0.319 e. The highest BCUT2D eigenvalue weighted by Gasteiger charge is 2.28. The average molecular weight is 374 g/mol. The normalized spacial score (nSPS) is 17.3. The first-order valence-electron chi connectivity index (χ1n) is 8.83. The number of carbonyl (C=O) groups excluding carboxylic acids is 1. The summed E-state index contributed by atoms with van der Waals surface area (Å²) < 4.78 is 5.48. The number of amides is 2. The third-order valence-corrected chi connectivity index (χ3v) is 4.73. The lowest BCUT2D eigenvalue weighted by molar-refractivity contribution is 0.00974. The summed E-state index contributed by atoms with van der Waals surface area (Å²) in [7, 11) is 0. The summed E-state index contributed by atoms with van der Waals surface area (Å²) in [6, 6.07) is 17.2. The van der Waals surface area contributed by atoms with E-state index in [0.29, 0.717) is 23.9 Å². The molecule has 0 saturated carbocycles. The van der Waals surface area contributed by atoms with Crippen LogP contribution in [0.2, 0.25) is 5.02 Å². The van der Waals surface area contributed by atoms with Crippen LogP contribution in [0.25, 0.3) is 0 Å². The van der Waals surface area contributed by atoms with E-state index in [4.69, 9.17) is 16.3 Å². The molecule has 0 aliphatic carbocycles. The van der Waals surface area contributed by atoms with Crippen molar-refractivity contribution < 1.29 is 9.53 Å². The maximum Gasteiger partial charge on any atom is 0.319 e. The lowest BCUT2D eigenvalue weighted by atomic mass is 9.98. The summed E-state index contributed by atoms with van der Waals surface area (Å²) >= 11 is 5.98. The Morgan fingerprint density at radius 1 is 1.12 bits per heavy atom. The molecule has 2 aromatic carbocycles. The molecule has 0 radical (unpaired) electrons. The summed E-state index contributed by atoms with van der Waals surface area (Å²) in [5.74, 6) is 0. The lowest BCUT2D eigenvalue weighted by Crippen LogP contribution is -2.49. The number of carbonyl (C=O) groups is 1. The minimum absolute atomic E-state index is 0.0744. The predicted molar refractivity (Wildman–Crippen MR) is 105 cm³/mol. The third-order valence-electron chi connectivity index (χ3n) is 4.50. The number of anilines is 1. The van der Waals surface area contributed by atoms with Crippen LogP contribution in [0.4, 0.5) is 10.5 Å². The van der Waals surface area contributed by atoms with Gasteiger partial charge < -0.3 is 15.4 Å². The van der Waals surface area contributed by atoms with Gasteiger partial charge in [-0.1, -0.05) is 48.0 Å². The van der Waals surface area contributed by atoms with Gasteiger partial charge in [0.1, 0.15) is 0 Å². The Morgan fingerprint density at radius 3 is 2.54 bits per heavy atom. The van der Waals surface area contributed by atoms with Crippen LogP contribution in [-0.2, 0) is 4.74 Å². The first kappa shape index (κ1) is 18.7. The van der Waals surface area contributed by atoms with Gasteiger partial charge in [-0.2, -0.15) is 0 Å². The Balaban J connectivity index is 1.70. The third kappa shape index (κ3) is 4.97. The van der Waals surface area contributed by atoms with Gasteiger partial charge in [-0.05, 0) is 30.7 Å². The van der Waals surface area contributed by atoms with Gasteiger partial charge >= 0.3 is 6.03 Å². The highest BCUT2D eigenvalue weighted by Crippen LogP contribution is 2.25. The Morgan fingerprint density at radius 2 is 1.85 bits per heavy atom. The van der Waals surface area contributed by atoms with Crippen LogP contribution in [0.5, 0.6) is 0 Å². The minimum atomic E-state index is -0.242. The zero-order valence-corrected chi connectivity index (χ0v) is 15.6. The SMILES string of the molecule is CC(NC(=O)Nc1cccc(Cl)c1)C(c1ccccc1)N1CCOCC1. The summed E-state index contributed by atoms with van der Waals surface area (Å²) in [5, 5.41) is 6.50. The van der Waals surface area contributed by atoms with Crippen molar-refractivity contribution in [2.75, 3.05) is 31.6 Å². The van der Waals surface area contributed by atoms with Crippen LogP contribution in [0, 0.1) is 0 Å². The standard InChI is InChI=1S/C20H24ClN3O2/c1-15(22-20(25)23-18-9-5-8-17(21)14-18)19(16-6-3-2-4-7-16)24-10-12-26-13-11-24/h2-9,14-15,19H,10-13H2,1H3,(H2,22,23,25). The number of benzene rings is 2. The van der Waals surface area contributed by atoms with E-state index in [1.807, 2.05) is 37.3 Å². The van der Waals surface area contributed by atoms with Gasteiger partial charge in [0.25, 0.3) is 0 Å². The van der Waals surface area contributed by atoms with Crippen LogP contribution in [-0.4, -0.2) is 43.3 Å². The lowest BCUT2D eigenvalue weighted by Gasteiger charge is -2.38. The molecule has 2 amide bonds. The molecule has 0 bridgehead atoms. The number of nitrogens with one attached hydrogen (secondary N) is 2. The van der Waals surface area contributed by atoms with Crippen molar-refractivity contribution in [1.82, 2.24) is 10.2 Å². The molecule has 5 nitrogen and oxygen atoms in total. The summed E-state index contributed by atoms with van der Waals surface area (Å²) in [4.78, 5) is 14.8. The molecular formula is C20H24ClN3O2. The second-order valence-electron chi connectivity index (χ2n) is 6.40. The Bertz CT molecular complexity index is 720. The highest BCUT2D eigenvalue weighted by molar-refractivity contribution is 6.30. The van der Waals surface area contributed by atoms with Crippen molar-refractivity contribution in [1.29, 1.82) is 0 Å². The van der Waals surface area contributed by atoms with Crippen molar-refractivity contribution in [3.05, 3.63) is 65.2 Å². The van der Waals surface area contributed by atoms with Crippen LogP contribution < -0.4 is 10.6 Å². The largest absolute Gasteiger partial charge is 0.379 e. The van der Waals surface area contributed by atoms with Gasteiger partial charge in [0.15, 0.2) is 0 Å². The fourth-order valence-electron chi connectivity index (χ4n) is 3.34. The fraction of sp³-hybridized carbons (Fsp3) is 0.350. The quantitative estimate of drug-likeness (QED) is 0.835. The molecule has 0 spiro atoms. The Labute approximate surface area is 159 Å². The van der Waals surface area contributed by atoms with Gasteiger partial charge in [0.2, 0.25) is 0 Å². The number of morpholine rings is 1. The van der Waals surface area contributed by atoms with E-state index in [2.05, 4.69) is 27.7 Å². The molecule has 3 rings (SSSR count). The Kier molecular flexibility index (Phi) is 6.50. The summed E-state index contributed by atoms with van der Waals surface area (Å²) in [6.07, 6.45) is 0. The molecule has 6 heteroatoms. The summed E-state index contributed by atoms with van der Waals surface area (Å²) in [5.41, 5.74) is 1.86. The number of urea groups is 1. The molecule has 0 aromatic heterocycles. The molecule has 2 aromatic rings. The zero-order chi connectivity index (χ0) is 18.4. The van der Waals surface area contributed by atoms with E-state index in [1.165, 1.54) is 5.56 Å². The van der Waals surface area contributed by atoms with Gasteiger partial charge in [0, 0.05) is 29.8 Å². The molecular weight excluding hydrogens is 350 g/mol. The summed E-state index contributed by atoms with van der Waals surface area (Å²) in [6.45, 7) is 5.16. The van der Waals surface area contributed by atoms with E-state index in [9.17, 15) is 4.79 Å². The van der Waals surface area contributed by atoms with Crippen molar-refractivity contribution in [2.45, 2.75) is 19.0 Å². The molecule has 1 aliphatic rings. The van der Waals surface area contributed by atoms with E-state index >= 15 is 0 Å². The molecule has 1 heterocycles. The zero-order valence-electron chi connectivity index (χ0n) is 14.8. The number of rotatable bonds is 5. The maximum absolute atomic E-state index is 12.4. The molecule has 26 heavy (non-hydrogen) atoms. The number of hydrogen-bond acceptors (Lipinski definition) is 3. The molecule has 1 aliphatic heterocycles. The van der Waals surface area contributed by atoms with Crippen molar-refractivity contribution in [3.63, 3.8) is 0 Å². The number of ether oxygens (including phenoxy) is 1. The average Bonchev–Trinajstić information content (AvgIpc) is 2.63. The minimum Gasteiger partial charge on any atom is -0.379 e. The highest BCUT2D eigenvalue weighted by atomic mass is 35.5. The van der Waals surface area contributed by atoms with Gasteiger partial charge in [0.05, 0.1) is 19.3 Å². The van der Waals surface area contributed by atoms with Crippen molar-refractivity contribution in [3.8, 4) is 0 Å². The van der Waals surface area contributed by atoms with Crippen LogP contribution >= 0.6 is 11.6 Å². The second-order valence-corrected chi connectivity index (χ2v) is 6.84. The van der Waals surface area contributed by atoms with E-state index in [-0.39, 0.29) is 18.1 Å². The van der Waals surface area contributed by atoms with E-state index in [1.54, 1.807) is 12.1 Å². The first-order valence-corrected chi connectivity index (χ1v) is 9.21. The molecule has 1 saturated heterocycles. The number of nitrogens with zero attached hydrogens (tertiary/aromatic N) is 1. The van der Waals surface area contributed by atoms with Gasteiger partial charge in [-0.15, -0.1) is 0 Å². The monoisotopic (exact) mass is 373 g/mol. The predicted octanol–water partition coefficient (Wildman–Crippen LogP) is 3.92. The molecule has 2 unspecified atom stereocenters. The molecule has 1 fully saturated rings. The molecule has 138 valence electrons.